The zero-order chi connectivity index (χ0) is 11.6. The molecule has 0 radical (unpaired) electrons. The third-order valence-corrected chi connectivity index (χ3v) is 1.31. The predicted molar refractivity (Wildman–Crippen MR) is 32.1 cm³/mol. The Morgan fingerprint density at radius 1 is 0.929 bits per heavy atom. The van der Waals surface area contributed by atoms with Crippen LogP contribution < -0.4 is 5.32 Å². The second-order valence-corrected chi connectivity index (χ2v) is 2.36. The molecule has 3 N–H and O–H groups in total. The van der Waals surface area contributed by atoms with Gasteiger partial charge in [0, 0.05) is 6.54 Å². The molecule has 0 bridgehead atoms. The second kappa shape index (κ2) is 3.91. The van der Waals surface area contributed by atoms with E-state index in [2.05, 4.69) is 0 Å². The van der Waals surface area contributed by atoms with Gasteiger partial charge in [-0.3, -0.25) is 5.32 Å². The lowest BCUT2D eigenvalue weighted by atomic mass is 10.2. The maximum absolute atomic E-state index is 11.8. The zero-order valence-corrected chi connectivity index (χ0v) is 6.58. The Kier molecular flexibility index (Phi) is 3.76. The van der Waals surface area contributed by atoms with E-state index in [0.29, 0.717) is 0 Å². The lowest BCUT2D eigenvalue weighted by molar-refractivity contribution is -0.379. The quantitative estimate of drug-likeness (QED) is 0.482. The molecule has 14 heavy (non-hydrogen) atoms. The van der Waals surface area contributed by atoms with Crippen LogP contribution in [0.5, 0.6) is 0 Å². The summed E-state index contributed by atoms with van der Waals surface area (Å²) in [6.45, 7) is -2.00. The van der Waals surface area contributed by atoms with Gasteiger partial charge in [0.15, 0.2) is 0 Å². The first-order valence-electron chi connectivity index (χ1n) is 3.28. The van der Waals surface area contributed by atoms with E-state index in [1.165, 1.54) is 0 Å². The second-order valence-electron chi connectivity index (χ2n) is 2.36. The molecule has 0 atom stereocenters. The van der Waals surface area contributed by atoms with Crippen LogP contribution in [0.25, 0.3) is 0 Å². The molecule has 0 aliphatic heterocycles. The molecule has 0 unspecified atom stereocenters. The summed E-state index contributed by atoms with van der Waals surface area (Å²) in [5.74, 6) is 0. The van der Waals surface area contributed by atoms with Crippen molar-refractivity contribution in [1.29, 1.82) is 0 Å². The van der Waals surface area contributed by atoms with E-state index in [-0.39, 0.29) is 0 Å². The van der Waals surface area contributed by atoms with Crippen molar-refractivity contribution in [1.82, 2.24) is 5.32 Å². The maximum atomic E-state index is 11.8. The Balaban J connectivity index is 4.87. The molecule has 0 rings (SSSR count). The minimum absolute atomic E-state index is 0.781. The minimum atomic E-state index is -5.90. The SMILES string of the molecule is OCCNC(O)(C(F)(F)F)C(F)(F)F. The van der Waals surface area contributed by atoms with Crippen molar-refractivity contribution in [2.45, 2.75) is 18.1 Å². The van der Waals surface area contributed by atoms with Crippen molar-refractivity contribution in [2.75, 3.05) is 13.2 Å². The van der Waals surface area contributed by atoms with E-state index in [0.717, 1.165) is 5.32 Å². The average Bonchev–Trinajstić information content (AvgIpc) is 1.95. The Morgan fingerprint density at radius 2 is 1.29 bits per heavy atom. The highest BCUT2D eigenvalue weighted by molar-refractivity contribution is 4.91. The van der Waals surface area contributed by atoms with Crippen molar-refractivity contribution in [3.63, 3.8) is 0 Å². The van der Waals surface area contributed by atoms with Crippen molar-refractivity contribution >= 4 is 0 Å². The van der Waals surface area contributed by atoms with Crippen molar-refractivity contribution < 1.29 is 36.6 Å². The fourth-order valence-electron chi connectivity index (χ4n) is 0.598. The molecule has 0 saturated carbocycles. The van der Waals surface area contributed by atoms with Crippen LogP contribution in [-0.2, 0) is 0 Å². The lowest BCUT2D eigenvalue weighted by Crippen LogP contribution is -2.66. The van der Waals surface area contributed by atoms with Gasteiger partial charge in [-0.25, -0.2) is 0 Å². The standard InChI is InChI=1S/C5H7F6NO2/c6-4(7,8)3(14,5(9,10)11)12-1-2-13/h12-14H,1-2H2. The fraction of sp³-hybridized carbons (Fsp3) is 1.00. The molecule has 0 aromatic carbocycles. The summed E-state index contributed by atoms with van der Waals surface area (Å²) in [6.07, 6.45) is -11.8. The number of aliphatic hydroxyl groups is 2. The van der Waals surface area contributed by atoms with Gasteiger partial charge in [0.2, 0.25) is 0 Å². The lowest BCUT2D eigenvalue weighted by Gasteiger charge is -2.32. The van der Waals surface area contributed by atoms with Crippen molar-refractivity contribution in [3.8, 4) is 0 Å². The number of hydrogen-bond acceptors (Lipinski definition) is 3. The fourth-order valence-corrected chi connectivity index (χ4v) is 0.598. The van der Waals surface area contributed by atoms with Gasteiger partial charge in [0.1, 0.15) is 0 Å². The van der Waals surface area contributed by atoms with E-state index in [9.17, 15) is 26.3 Å². The Labute approximate surface area is 74.3 Å². The van der Waals surface area contributed by atoms with Crippen LogP contribution in [0.3, 0.4) is 0 Å². The molecule has 0 spiro atoms. The van der Waals surface area contributed by atoms with Crippen LogP contribution in [0, 0.1) is 0 Å². The molecule has 3 nitrogen and oxygen atoms in total. The number of aliphatic hydroxyl groups excluding tert-OH is 1. The normalized spacial score (nSPS) is 14.6. The summed E-state index contributed by atoms with van der Waals surface area (Å²) in [4.78, 5) is 0. The largest absolute Gasteiger partial charge is 0.440 e. The van der Waals surface area contributed by atoms with Crippen LogP contribution >= 0.6 is 0 Å². The minimum Gasteiger partial charge on any atom is -0.395 e. The molecule has 0 heterocycles. The number of halogens is 6. The molecule has 0 fully saturated rings. The molecule has 0 aliphatic rings. The highest BCUT2D eigenvalue weighted by Crippen LogP contribution is 2.40. The molecule has 0 aromatic heterocycles. The van der Waals surface area contributed by atoms with Gasteiger partial charge in [0.25, 0.3) is 0 Å². The zero-order valence-electron chi connectivity index (χ0n) is 6.58. The molecular weight excluding hydrogens is 220 g/mol. The van der Waals surface area contributed by atoms with Crippen molar-refractivity contribution in [3.05, 3.63) is 0 Å². The van der Waals surface area contributed by atoms with Gasteiger partial charge < -0.3 is 10.2 Å². The summed E-state index contributed by atoms with van der Waals surface area (Å²) in [5, 5.41) is 17.2. The third kappa shape index (κ3) is 2.49. The van der Waals surface area contributed by atoms with Gasteiger partial charge in [-0.2, -0.15) is 26.3 Å². The predicted octanol–water partition coefficient (Wildman–Crippen LogP) is 0.382. The summed E-state index contributed by atoms with van der Waals surface area (Å²) in [5.41, 5.74) is -4.98. The maximum Gasteiger partial charge on any atom is 0.440 e. The van der Waals surface area contributed by atoms with Crippen LogP contribution in [0.15, 0.2) is 0 Å². The number of rotatable bonds is 3. The smallest absolute Gasteiger partial charge is 0.395 e. The molecule has 0 aromatic rings. The van der Waals surface area contributed by atoms with Crippen molar-refractivity contribution in [2.24, 2.45) is 0 Å². The molecule has 86 valence electrons. The first-order valence-corrected chi connectivity index (χ1v) is 3.28. The Hall–Kier alpha value is -0.540. The van der Waals surface area contributed by atoms with Gasteiger partial charge in [-0.15, -0.1) is 0 Å². The molecule has 9 heteroatoms. The van der Waals surface area contributed by atoms with Gasteiger partial charge in [-0.05, 0) is 0 Å². The van der Waals surface area contributed by atoms with Crippen LogP contribution in [-0.4, -0.2) is 41.4 Å². The number of hydrogen-bond donors (Lipinski definition) is 3. The summed E-state index contributed by atoms with van der Waals surface area (Å²) in [7, 11) is 0. The molecular formula is C5H7F6NO2. The van der Waals surface area contributed by atoms with Gasteiger partial charge in [-0.1, -0.05) is 0 Å². The van der Waals surface area contributed by atoms with Gasteiger partial charge in [0.05, 0.1) is 6.61 Å². The van der Waals surface area contributed by atoms with Crippen LogP contribution in [0.4, 0.5) is 26.3 Å². The van der Waals surface area contributed by atoms with E-state index < -0.39 is 31.2 Å². The Bertz CT molecular complexity index is 174. The van der Waals surface area contributed by atoms with Gasteiger partial charge >= 0.3 is 18.1 Å². The first-order chi connectivity index (χ1) is 6.06. The monoisotopic (exact) mass is 227 g/mol. The third-order valence-electron chi connectivity index (χ3n) is 1.31. The summed E-state index contributed by atoms with van der Waals surface area (Å²) < 4.78 is 70.9. The van der Waals surface area contributed by atoms with E-state index in [1.807, 2.05) is 0 Å². The van der Waals surface area contributed by atoms with E-state index in [1.54, 1.807) is 0 Å². The number of nitrogens with one attached hydrogen (secondary N) is 1. The Morgan fingerprint density at radius 3 is 1.50 bits per heavy atom. The van der Waals surface area contributed by atoms with E-state index >= 15 is 0 Å². The highest BCUT2D eigenvalue weighted by Gasteiger charge is 2.70. The van der Waals surface area contributed by atoms with Crippen LogP contribution in [0.2, 0.25) is 0 Å². The first kappa shape index (κ1) is 13.5. The number of alkyl halides is 6. The van der Waals surface area contributed by atoms with Crippen LogP contribution in [0.1, 0.15) is 0 Å². The molecule has 0 saturated heterocycles. The van der Waals surface area contributed by atoms with E-state index in [4.69, 9.17) is 10.2 Å². The summed E-state index contributed by atoms with van der Waals surface area (Å²) in [6, 6.07) is 0. The summed E-state index contributed by atoms with van der Waals surface area (Å²) >= 11 is 0. The molecule has 0 aliphatic carbocycles. The average molecular weight is 227 g/mol. The topological polar surface area (TPSA) is 52.5 Å². The highest BCUT2D eigenvalue weighted by atomic mass is 19.4. The molecule has 0 amide bonds.